The smallest absolute Gasteiger partial charge is 0.338 e. The summed E-state index contributed by atoms with van der Waals surface area (Å²) in [5.41, 5.74) is 0.828. The van der Waals surface area contributed by atoms with Crippen molar-refractivity contribution in [3.63, 3.8) is 0 Å². The summed E-state index contributed by atoms with van der Waals surface area (Å²) in [6, 6.07) is 4.46. The van der Waals surface area contributed by atoms with Gasteiger partial charge >= 0.3 is 11.9 Å². The molecule has 6 heteroatoms. The van der Waals surface area contributed by atoms with Crippen LogP contribution in [0.2, 0.25) is 0 Å². The first-order valence-corrected chi connectivity index (χ1v) is 8.35. The van der Waals surface area contributed by atoms with Crippen molar-refractivity contribution in [1.82, 2.24) is 0 Å². The van der Waals surface area contributed by atoms with E-state index in [0.717, 1.165) is 25.7 Å². The molecule has 6 nitrogen and oxygen atoms in total. The predicted molar refractivity (Wildman–Crippen MR) is 88.9 cm³/mol. The van der Waals surface area contributed by atoms with Crippen LogP contribution in [0.3, 0.4) is 0 Å². The van der Waals surface area contributed by atoms with Gasteiger partial charge in [0.2, 0.25) is 5.91 Å². The molecule has 0 unspecified atom stereocenters. The van der Waals surface area contributed by atoms with Crippen LogP contribution in [0.15, 0.2) is 18.2 Å². The van der Waals surface area contributed by atoms with Gasteiger partial charge in [-0.25, -0.2) is 9.59 Å². The third-order valence-corrected chi connectivity index (χ3v) is 3.95. The molecule has 1 aliphatic carbocycles. The number of carbonyl (C=O) groups is 3. The summed E-state index contributed by atoms with van der Waals surface area (Å²) in [4.78, 5) is 36.3. The molecule has 130 valence electrons. The Morgan fingerprint density at radius 1 is 0.958 bits per heavy atom. The van der Waals surface area contributed by atoms with Crippen LogP contribution >= 0.6 is 0 Å². The van der Waals surface area contributed by atoms with E-state index < -0.39 is 11.9 Å². The molecular weight excluding hydrogens is 310 g/mol. The zero-order valence-electron chi connectivity index (χ0n) is 14.1. The van der Waals surface area contributed by atoms with Crippen LogP contribution < -0.4 is 5.32 Å². The van der Waals surface area contributed by atoms with Gasteiger partial charge in [0.15, 0.2) is 0 Å². The van der Waals surface area contributed by atoms with E-state index in [1.54, 1.807) is 13.8 Å². The van der Waals surface area contributed by atoms with E-state index >= 15 is 0 Å². The molecule has 2 rings (SSSR count). The molecule has 1 amide bonds. The minimum Gasteiger partial charge on any atom is -0.462 e. The van der Waals surface area contributed by atoms with Crippen LogP contribution in [0, 0.1) is 5.92 Å². The molecule has 0 bridgehead atoms. The van der Waals surface area contributed by atoms with Gasteiger partial charge in [0, 0.05) is 11.6 Å². The fourth-order valence-electron chi connectivity index (χ4n) is 2.80. The molecule has 1 aliphatic rings. The lowest BCUT2D eigenvalue weighted by atomic mass is 10.1. The number of benzene rings is 1. The monoisotopic (exact) mass is 333 g/mol. The maximum Gasteiger partial charge on any atom is 0.338 e. The van der Waals surface area contributed by atoms with Gasteiger partial charge in [0.05, 0.1) is 24.3 Å². The van der Waals surface area contributed by atoms with Gasteiger partial charge in [-0.2, -0.15) is 0 Å². The summed E-state index contributed by atoms with van der Waals surface area (Å²) in [5, 5.41) is 2.80. The molecule has 1 aromatic rings. The van der Waals surface area contributed by atoms with Gasteiger partial charge in [-0.05, 0) is 44.9 Å². The van der Waals surface area contributed by atoms with Crippen LogP contribution in [-0.4, -0.2) is 31.1 Å². The second-order valence-corrected chi connectivity index (χ2v) is 5.71. The lowest BCUT2D eigenvalue weighted by molar-refractivity contribution is -0.119. The van der Waals surface area contributed by atoms with Crippen molar-refractivity contribution in [2.45, 2.75) is 39.5 Å². The van der Waals surface area contributed by atoms with E-state index in [9.17, 15) is 14.4 Å². The standard InChI is InChI=1S/C18H23NO5/c1-3-23-17(21)13-9-14(18(22)24-4-2)11-15(10-13)19-16(20)12-7-5-6-8-12/h9-12H,3-8H2,1-2H3,(H,19,20). The Bertz CT molecular complexity index is 584. The summed E-state index contributed by atoms with van der Waals surface area (Å²) in [7, 11) is 0. The van der Waals surface area contributed by atoms with E-state index in [4.69, 9.17) is 9.47 Å². The van der Waals surface area contributed by atoms with Crippen molar-refractivity contribution in [2.24, 2.45) is 5.92 Å². The van der Waals surface area contributed by atoms with Crippen LogP contribution in [-0.2, 0) is 14.3 Å². The fourth-order valence-corrected chi connectivity index (χ4v) is 2.80. The third kappa shape index (κ3) is 4.57. The van der Waals surface area contributed by atoms with Gasteiger partial charge in [-0.3, -0.25) is 4.79 Å². The summed E-state index contributed by atoms with van der Waals surface area (Å²) < 4.78 is 9.96. The van der Waals surface area contributed by atoms with E-state index in [1.165, 1.54) is 18.2 Å². The molecule has 0 atom stereocenters. The molecule has 1 aromatic carbocycles. The molecule has 0 aromatic heterocycles. The molecule has 24 heavy (non-hydrogen) atoms. The van der Waals surface area contributed by atoms with Crippen molar-refractivity contribution in [3.8, 4) is 0 Å². The molecule has 0 radical (unpaired) electrons. The van der Waals surface area contributed by atoms with Gasteiger partial charge < -0.3 is 14.8 Å². The average molecular weight is 333 g/mol. The number of esters is 2. The number of nitrogens with one attached hydrogen (secondary N) is 1. The predicted octanol–water partition coefficient (Wildman–Crippen LogP) is 3.17. The van der Waals surface area contributed by atoms with E-state index in [2.05, 4.69) is 5.32 Å². The zero-order valence-corrected chi connectivity index (χ0v) is 14.1. The molecule has 0 aliphatic heterocycles. The first kappa shape index (κ1) is 18.0. The minimum absolute atomic E-state index is 0.0118. The first-order valence-electron chi connectivity index (χ1n) is 8.35. The van der Waals surface area contributed by atoms with Crippen LogP contribution in [0.5, 0.6) is 0 Å². The van der Waals surface area contributed by atoms with E-state index in [0.29, 0.717) is 5.69 Å². The Morgan fingerprint density at radius 3 is 1.92 bits per heavy atom. The molecule has 1 N–H and O–H groups in total. The van der Waals surface area contributed by atoms with Gasteiger partial charge in [-0.1, -0.05) is 12.8 Å². The van der Waals surface area contributed by atoms with Crippen LogP contribution in [0.4, 0.5) is 5.69 Å². The normalized spacial score (nSPS) is 14.2. The Balaban J connectivity index is 2.25. The number of ether oxygens (including phenoxy) is 2. The highest BCUT2D eigenvalue weighted by Crippen LogP contribution is 2.26. The Morgan fingerprint density at radius 2 is 1.46 bits per heavy atom. The second-order valence-electron chi connectivity index (χ2n) is 5.71. The lowest BCUT2D eigenvalue weighted by Gasteiger charge is -2.13. The average Bonchev–Trinajstić information content (AvgIpc) is 3.09. The molecule has 1 fully saturated rings. The SMILES string of the molecule is CCOC(=O)c1cc(NC(=O)C2CCCC2)cc(C(=O)OCC)c1. The fraction of sp³-hybridized carbons (Fsp3) is 0.500. The summed E-state index contributed by atoms with van der Waals surface area (Å²) in [6.07, 6.45) is 3.84. The zero-order chi connectivity index (χ0) is 17.5. The van der Waals surface area contributed by atoms with Crippen molar-refractivity contribution in [1.29, 1.82) is 0 Å². The van der Waals surface area contributed by atoms with Gasteiger partial charge in [0.25, 0.3) is 0 Å². The van der Waals surface area contributed by atoms with Gasteiger partial charge in [-0.15, -0.1) is 0 Å². The largest absolute Gasteiger partial charge is 0.462 e. The van der Waals surface area contributed by atoms with E-state index in [1.807, 2.05) is 0 Å². The Hall–Kier alpha value is -2.37. The number of hydrogen-bond acceptors (Lipinski definition) is 5. The molecule has 0 heterocycles. The number of carbonyl (C=O) groups excluding carboxylic acids is 3. The second kappa shape index (κ2) is 8.47. The Labute approximate surface area is 141 Å². The lowest BCUT2D eigenvalue weighted by Crippen LogP contribution is -2.21. The van der Waals surface area contributed by atoms with Crippen molar-refractivity contribution in [3.05, 3.63) is 29.3 Å². The number of amides is 1. The van der Waals surface area contributed by atoms with Crippen LogP contribution in [0.1, 0.15) is 60.2 Å². The minimum atomic E-state index is -0.542. The molecule has 1 saturated carbocycles. The molecule has 0 spiro atoms. The highest BCUT2D eigenvalue weighted by atomic mass is 16.5. The topological polar surface area (TPSA) is 81.7 Å². The van der Waals surface area contributed by atoms with Crippen molar-refractivity contribution in [2.75, 3.05) is 18.5 Å². The number of rotatable bonds is 6. The molecule has 0 saturated heterocycles. The van der Waals surface area contributed by atoms with E-state index in [-0.39, 0.29) is 36.2 Å². The quantitative estimate of drug-likeness (QED) is 0.809. The summed E-state index contributed by atoms with van der Waals surface area (Å²) >= 11 is 0. The molecular formula is C18H23NO5. The maximum atomic E-state index is 12.3. The van der Waals surface area contributed by atoms with Gasteiger partial charge in [0.1, 0.15) is 0 Å². The van der Waals surface area contributed by atoms with Crippen molar-refractivity contribution < 1.29 is 23.9 Å². The van der Waals surface area contributed by atoms with Crippen molar-refractivity contribution >= 4 is 23.5 Å². The third-order valence-electron chi connectivity index (χ3n) is 3.95. The maximum absolute atomic E-state index is 12.3. The summed E-state index contributed by atoms with van der Waals surface area (Å²) in [5.74, 6) is -1.18. The highest BCUT2D eigenvalue weighted by molar-refractivity contribution is 6.00. The number of anilines is 1. The number of hydrogen-bond donors (Lipinski definition) is 1. The summed E-state index contributed by atoms with van der Waals surface area (Å²) in [6.45, 7) is 3.87. The van der Waals surface area contributed by atoms with Crippen LogP contribution in [0.25, 0.3) is 0 Å². The Kier molecular flexibility index (Phi) is 6.35. The first-order chi connectivity index (χ1) is 11.5. The highest BCUT2D eigenvalue weighted by Gasteiger charge is 2.23.